The number of hydrogen-bond acceptors (Lipinski definition) is 3. The molecule has 0 aliphatic rings. The molecular weight excluding hydrogens is 248 g/mol. The second-order valence-corrected chi connectivity index (χ2v) is 4.68. The fourth-order valence-corrected chi connectivity index (χ4v) is 2.21. The molecule has 0 saturated carbocycles. The van der Waals surface area contributed by atoms with Gasteiger partial charge in [0.25, 0.3) is 0 Å². The highest BCUT2D eigenvalue weighted by molar-refractivity contribution is 5.80. The molecule has 20 heavy (non-hydrogen) atoms. The van der Waals surface area contributed by atoms with Gasteiger partial charge in [-0.2, -0.15) is 0 Å². The molecule has 3 rings (SSSR count). The normalized spacial score (nSPS) is 10.7. The van der Waals surface area contributed by atoms with E-state index in [9.17, 15) is 0 Å². The maximum atomic E-state index is 5.22. The van der Waals surface area contributed by atoms with E-state index in [-0.39, 0.29) is 0 Å². The largest absolute Gasteiger partial charge is 0.497 e. The molecule has 3 aromatic rings. The first-order chi connectivity index (χ1) is 9.85. The van der Waals surface area contributed by atoms with Crippen molar-refractivity contribution in [1.82, 2.24) is 9.97 Å². The van der Waals surface area contributed by atoms with Gasteiger partial charge in [-0.05, 0) is 49.2 Å². The summed E-state index contributed by atoms with van der Waals surface area (Å²) in [5, 5.41) is 1.10. The van der Waals surface area contributed by atoms with Crippen LogP contribution < -0.4 is 4.74 Å². The molecule has 0 bridgehead atoms. The molecule has 3 nitrogen and oxygen atoms in total. The molecular formula is C17H16N2O. The summed E-state index contributed by atoms with van der Waals surface area (Å²) >= 11 is 0. The topological polar surface area (TPSA) is 35.0 Å². The number of aryl methyl sites for hydroxylation is 2. The molecule has 0 aliphatic heterocycles. The third-order valence-corrected chi connectivity index (χ3v) is 3.32. The van der Waals surface area contributed by atoms with E-state index in [2.05, 4.69) is 22.1 Å². The summed E-state index contributed by atoms with van der Waals surface area (Å²) in [7, 11) is 1.68. The number of pyridine rings is 2. The van der Waals surface area contributed by atoms with Crippen molar-refractivity contribution in [2.75, 3.05) is 7.11 Å². The summed E-state index contributed by atoms with van der Waals surface area (Å²) in [5.74, 6) is 0.862. The van der Waals surface area contributed by atoms with Crippen molar-refractivity contribution < 1.29 is 4.74 Å². The predicted octanol–water partition coefficient (Wildman–Crippen LogP) is 3.42. The molecule has 3 heteroatoms. The van der Waals surface area contributed by atoms with Crippen LogP contribution in [0.1, 0.15) is 11.4 Å². The molecule has 0 atom stereocenters. The Morgan fingerprint density at radius 2 is 1.85 bits per heavy atom. The number of ether oxygens (including phenoxy) is 1. The Balaban J connectivity index is 1.79. The number of nitrogens with zero attached hydrogens (tertiary/aromatic N) is 2. The van der Waals surface area contributed by atoms with Crippen molar-refractivity contribution in [2.24, 2.45) is 0 Å². The van der Waals surface area contributed by atoms with Gasteiger partial charge in [0.2, 0.25) is 0 Å². The van der Waals surface area contributed by atoms with Gasteiger partial charge in [-0.15, -0.1) is 0 Å². The van der Waals surface area contributed by atoms with Crippen LogP contribution in [0.15, 0.2) is 54.7 Å². The second-order valence-electron chi connectivity index (χ2n) is 4.68. The summed E-state index contributed by atoms with van der Waals surface area (Å²) in [6, 6.07) is 16.1. The van der Waals surface area contributed by atoms with Crippen molar-refractivity contribution in [3.05, 3.63) is 66.1 Å². The number of benzene rings is 1. The molecule has 0 unspecified atom stereocenters. The average molecular weight is 264 g/mol. The zero-order chi connectivity index (χ0) is 13.8. The number of rotatable bonds is 4. The van der Waals surface area contributed by atoms with Gasteiger partial charge >= 0.3 is 0 Å². The Bertz CT molecular complexity index is 711. The Hall–Kier alpha value is -2.42. The SMILES string of the molecule is COc1ccc2nc(CCc3ccccn3)ccc2c1. The molecule has 0 aliphatic carbocycles. The first kappa shape index (κ1) is 12.6. The van der Waals surface area contributed by atoms with Crippen molar-refractivity contribution >= 4 is 10.9 Å². The van der Waals surface area contributed by atoms with Crippen molar-refractivity contribution in [2.45, 2.75) is 12.8 Å². The van der Waals surface area contributed by atoms with Crippen LogP contribution in [0.5, 0.6) is 5.75 Å². The molecule has 0 amide bonds. The maximum Gasteiger partial charge on any atom is 0.119 e. The average Bonchev–Trinajstić information content (AvgIpc) is 2.53. The van der Waals surface area contributed by atoms with E-state index >= 15 is 0 Å². The van der Waals surface area contributed by atoms with Crippen molar-refractivity contribution in [3.8, 4) is 5.75 Å². The number of fused-ring (bicyclic) bond motifs is 1. The quantitative estimate of drug-likeness (QED) is 0.724. The zero-order valence-corrected chi connectivity index (χ0v) is 11.4. The molecule has 0 N–H and O–H groups in total. The van der Waals surface area contributed by atoms with Gasteiger partial charge in [0.15, 0.2) is 0 Å². The summed E-state index contributed by atoms with van der Waals surface area (Å²) in [4.78, 5) is 9.02. The van der Waals surface area contributed by atoms with Crippen LogP contribution in [-0.2, 0) is 12.8 Å². The van der Waals surface area contributed by atoms with Crippen LogP contribution in [-0.4, -0.2) is 17.1 Å². The van der Waals surface area contributed by atoms with Gasteiger partial charge < -0.3 is 4.74 Å². The van der Waals surface area contributed by atoms with E-state index in [1.165, 1.54) is 0 Å². The van der Waals surface area contributed by atoms with Crippen LogP contribution in [0.25, 0.3) is 10.9 Å². The number of aromatic nitrogens is 2. The van der Waals surface area contributed by atoms with Gasteiger partial charge in [-0.3, -0.25) is 9.97 Å². The zero-order valence-electron chi connectivity index (χ0n) is 11.4. The lowest BCUT2D eigenvalue weighted by atomic mass is 10.1. The van der Waals surface area contributed by atoms with E-state index in [1.807, 2.05) is 42.6 Å². The molecule has 0 saturated heterocycles. The Kier molecular flexibility index (Phi) is 3.59. The monoisotopic (exact) mass is 264 g/mol. The lowest BCUT2D eigenvalue weighted by molar-refractivity contribution is 0.415. The number of methoxy groups -OCH3 is 1. The molecule has 0 fully saturated rings. The van der Waals surface area contributed by atoms with Gasteiger partial charge in [0.1, 0.15) is 5.75 Å². The van der Waals surface area contributed by atoms with Crippen LogP contribution in [0.3, 0.4) is 0 Å². The molecule has 100 valence electrons. The van der Waals surface area contributed by atoms with Crippen LogP contribution in [0.2, 0.25) is 0 Å². The van der Waals surface area contributed by atoms with E-state index in [1.54, 1.807) is 7.11 Å². The van der Waals surface area contributed by atoms with E-state index in [0.29, 0.717) is 0 Å². The summed E-state index contributed by atoms with van der Waals surface area (Å²) in [5.41, 5.74) is 3.20. The molecule has 2 aromatic heterocycles. The minimum atomic E-state index is 0.862. The Labute approximate surface area is 118 Å². The minimum absolute atomic E-state index is 0.862. The highest BCUT2D eigenvalue weighted by atomic mass is 16.5. The van der Waals surface area contributed by atoms with Crippen LogP contribution in [0, 0.1) is 0 Å². The third-order valence-electron chi connectivity index (χ3n) is 3.32. The smallest absolute Gasteiger partial charge is 0.119 e. The highest BCUT2D eigenvalue weighted by Crippen LogP contribution is 2.19. The molecule has 0 radical (unpaired) electrons. The standard InChI is InChI=1S/C17H16N2O/c1-20-16-9-10-17-13(12-16)5-6-15(19-17)8-7-14-4-2-3-11-18-14/h2-6,9-12H,7-8H2,1H3. The van der Waals surface area contributed by atoms with Crippen LogP contribution in [0.4, 0.5) is 0 Å². The lowest BCUT2D eigenvalue weighted by Gasteiger charge is -2.05. The second kappa shape index (κ2) is 5.70. The number of hydrogen-bond donors (Lipinski definition) is 0. The third kappa shape index (κ3) is 2.77. The van der Waals surface area contributed by atoms with Gasteiger partial charge in [-0.25, -0.2) is 0 Å². The predicted molar refractivity (Wildman–Crippen MR) is 79.9 cm³/mol. The van der Waals surface area contributed by atoms with Gasteiger partial charge in [-0.1, -0.05) is 12.1 Å². The lowest BCUT2D eigenvalue weighted by Crippen LogP contribution is -1.96. The Morgan fingerprint density at radius 3 is 2.65 bits per heavy atom. The summed E-state index contributed by atoms with van der Waals surface area (Å²) in [6.07, 6.45) is 3.64. The van der Waals surface area contributed by atoms with Crippen LogP contribution >= 0.6 is 0 Å². The molecule has 1 aromatic carbocycles. The first-order valence-electron chi connectivity index (χ1n) is 6.69. The molecule has 0 spiro atoms. The molecule has 2 heterocycles. The van der Waals surface area contributed by atoms with Crippen molar-refractivity contribution in [1.29, 1.82) is 0 Å². The fourth-order valence-electron chi connectivity index (χ4n) is 2.21. The van der Waals surface area contributed by atoms with Crippen molar-refractivity contribution in [3.63, 3.8) is 0 Å². The fraction of sp³-hybridized carbons (Fsp3) is 0.176. The van der Waals surface area contributed by atoms with E-state index < -0.39 is 0 Å². The highest BCUT2D eigenvalue weighted by Gasteiger charge is 2.01. The van der Waals surface area contributed by atoms with E-state index in [4.69, 9.17) is 4.74 Å². The van der Waals surface area contributed by atoms with Gasteiger partial charge in [0, 0.05) is 23.0 Å². The Morgan fingerprint density at radius 1 is 0.950 bits per heavy atom. The van der Waals surface area contributed by atoms with E-state index in [0.717, 1.165) is 40.9 Å². The summed E-state index contributed by atoms with van der Waals surface area (Å²) in [6.45, 7) is 0. The summed E-state index contributed by atoms with van der Waals surface area (Å²) < 4.78 is 5.22. The minimum Gasteiger partial charge on any atom is -0.497 e. The maximum absolute atomic E-state index is 5.22. The first-order valence-corrected chi connectivity index (χ1v) is 6.69. The van der Waals surface area contributed by atoms with Gasteiger partial charge in [0.05, 0.1) is 12.6 Å².